The molecule has 0 saturated carbocycles. The van der Waals surface area contributed by atoms with E-state index in [2.05, 4.69) is 24.4 Å². The molecule has 0 spiro atoms. The van der Waals surface area contributed by atoms with Gasteiger partial charge in [0, 0.05) is 27.6 Å². The molecule has 0 amide bonds. The van der Waals surface area contributed by atoms with Crippen molar-refractivity contribution in [1.82, 2.24) is 0 Å². The van der Waals surface area contributed by atoms with Crippen LogP contribution in [0.2, 0.25) is 0 Å². The molecule has 0 atom stereocenters. The molecule has 0 fully saturated rings. The second-order valence-electron chi connectivity index (χ2n) is 5.05. The van der Waals surface area contributed by atoms with Crippen molar-refractivity contribution in [3.63, 3.8) is 0 Å². The Kier molecular flexibility index (Phi) is 4.54. The number of allylic oxidation sites excluding steroid dienone is 2. The van der Waals surface area contributed by atoms with Gasteiger partial charge in [0.05, 0.1) is 0 Å². The van der Waals surface area contributed by atoms with E-state index in [1.165, 1.54) is 10.1 Å². The maximum absolute atomic E-state index is 12.4. The van der Waals surface area contributed by atoms with Crippen LogP contribution in [-0.2, 0) is 4.79 Å². The normalized spacial score (nSPS) is 10.7. The third-order valence-electron chi connectivity index (χ3n) is 3.29. The van der Waals surface area contributed by atoms with E-state index in [-0.39, 0.29) is 5.78 Å². The van der Waals surface area contributed by atoms with Crippen molar-refractivity contribution in [3.05, 3.63) is 40.8 Å². The highest BCUT2D eigenvalue weighted by atomic mass is 32.1. The first-order valence-corrected chi connectivity index (χ1v) is 7.70. The lowest BCUT2D eigenvalue weighted by Gasteiger charge is -2.08. The lowest BCUT2D eigenvalue weighted by Crippen LogP contribution is -2.03. The number of unbranched alkanes of at least 4 members (excludes halogenated alkanes) is 1. The Morgan fingerprint density at radius 2 is 1.95 bits per heavy atom. The first kappa shape index (κ1) is 14.0. The summed E-state index contributed by atoms with van der Waals surface area (Å²) in [6.45, 7) is 6.19. The summed E-state index contributed by atoms with van der Waals surface area (Å²) in [7, 11) is 0. The van der Waals surface area contributed by atoms with E-state index in [9.17, 15) is 4.79 Å². The molecule has 0 saturated heterocycles. The van der Waals surface area contributed by atoms with Crippen molar-refractivity contribution < 1.29 is 4.79 Å². The number of hydrogen-bond donors (Lipinski definition) is 0. The van der Waals surface area contributed by atoms with Crippen molar-refractivity contribution in [2.24, 2.45) is 0 Å². The van der Waals surface area contributed by atoms with E-state index < -0.39 is 0 Å². The number of carbonyl (C=O) groups is 1. The Bertz CT molecular complexity index is 615. The molecule has 2 heteroatoms. The zero-order chi connectivity index (χ0) is 13.8. The highest BCUT2D eigenvalue weighted by molar-refractivity contribution is 7.17. The lowest BCUT2D eigenvalue weighted by molar-refractivity contribution is -0.113. The van der Waals surface area contributed by atoms with E-state index in [4.69, 9.17) is 0 Å². The van der Waals surface area contributed by atoms with Gasteiger partial charge in [-0.2, -0.15) is 0 Å². The molecule has 1 aromatic heterocycles. The summed E-state index contributed by atoms with van der Waals surface area (Å²) < 4.78 is 1.25. The summed E-state index contributed by atoms with van der Waals surface area (Å²) in [5, 5.41) is 3.32. The molecule has 1 nitrogen and oxygen atoms in total. The van der Waals surface area contributed by atoms with E-state index in [0.717, 1.165) is 29.6 Å². The zero-order valence-electron chi connectivity index (χ0n) is 11.8. The molecule has 0 aliphatic heterocycles. The lowest BCUT2D eigenvalue weighted by atomic mass is 9.94. The maximum atomic E-state index is 12.4. The Labute approximate surface area is 119 Å². The second kappa shape index (κ2) is 6.16. The fraction of sp³-hybridized carbons (Fsp3) is 0.353. The standard InChI is InChI=1S/C17H20OS/c1-4-5-9-15(18)17(12(2)3)14-11-19-16-10-7-6-8-13(14)16/h6-8,10-11H,4-5,9H2,1-3H3. The highest BCUT2D eigenvalue weighted by Crippen LogP contribution is 2.33. The van der Waals surface area contributed by atoms with Crippen LogP contribution in [0.1, 0.15) is 45.6 Å². The van der Waals surface area contributed by atoms with E-state index in [1.807, 2.05) is 26.0 Å². The summed E-state index contributed by atoms with van der Waals surface area (Å²) in [6.07, 6.45) is 2.69. The Morgan fingerprint density at radius 3 is 2.63 bits per heavy atom. The third-order valence-corrected chi connectivity index (χ3v) is 4.25. The van der Waals surface area contributed by atoms with Crippen molar-refractivity contribution in [1.29, 1.82) is 0 Å². The van der Waals surface area contributed by atoms with Gasteiger partial charge in [0.15, 0.2) is 5.78 Å². The molecular weight excluding hydrogens is 252 g/mol. The Hall–Kier alpha value is -1.41. The van der Waals surface area contributed by atoms with Gasteiger partial charge < -0.3 is 0 Å². The molecule has 100 valence electrons. The van der Waals surface area contributed by atoms with Gasteiger partial charge in [-0.1, -0.05) is 37.1 Å². The number of carbonyl (C=O) groups excluding carboxylic acids is 1. The number of Topliss-reactive ketones (excluding diaryl/α,β-unsaturated/α-hetero) is 1. The van der Waals surface area contributed by atoms with E-state index in [0.29, 0.717) is 6.42 Å². The largest absolute Gasteiger partial charge is 0.294 e. The summed E-state index contributed by atoms with van der Waals surface area (Å²) in [5.41, 5.74) is 3.15. The minimum atomic E-state index is 0.283. The van der Waals surface area contributed by atoms with Gasteiger partial charge in [-0.3, -0.25) is 4.79 Å². The SMILES string of the molecule is CCCCC(=O)C(=C(C)C)c1csc2ccccc12. The summed E-state index contributed by atoms with van der Waals surface area (Å²) >= 11 is 1.71. The fourth-order valence-corrected chi connectivity index (χ4v) is 3.28. The van der Waals surface area contributed by atoms with Gasteiger partial charge >= 0.3 is 0 Å². The van der Waals surface area contributed by atoms with Gasteiger partial charge in [0.25, 0.3) is 0 Å². The monoisotopic (exact) mass is 272 g/mol. The Balaban J connectivity index is 2.46. The molecule has 2 rings (SSSR count). The van der Waals surface area contributed by atoms with Gasteiger partial charge in [-0.15, -0.1) is 11.3 Å². The average molecular weight is 272 g/mol. The molecule has 2 aromatic rings. The number of benzene rings is 1. The van der Waals surface area contributed by atoms with Crippen LogP contribution in [0.5, 0.6) is 0 Å². The average Bonchev–Trinajstić information content (AvgIpc) is 2.80. The van der Waals surface area contributed by atoms with Crippen LogP contribution in [0.15, 0.2) is 35.2 Å². The Morgan fingerprint density at radius 1 is 1.21 bits per heavy atom. The molecule has 0 aliphatic carbocycles. The van der Waals surface area contributed by atoms with Crippen molar-refractivity contribution in [3.8, 4) is 0 Å². The van der Waals surface area contributed by atoms with Crippen LogP contribution >= 0.6 is 11.3 Å². The molecule has 0 bridgehead atoms. The number of thiophene rings is 1. The molecule has 1 heterocycles. The number of fused-ring (bicyclic) bond motifs is 1. The highest BCUT2D eigenvalue weighted by Gasteiger charge is 2.16. The van der Waals surface area contributed by atoms with Gasteiger partial charge in [0.2, 0.25) is 0 Å². The molecular formula is C17H20OS. The van der Waals surface area contributed by atoms with Gasteiger partial charge in [-0.05, 0) is 31.7 Å². The fourth-order valence-electron chi connectivity index (χ4n) is 2.33. The van der Waals surface area contributed by atoms with Crippen LogP contribution in [0.25, 0.3) is 15.7 Å². The number of hydrogen-bond acceptors (Lipinski definition) is 2. The number of ketones is 1. The molecule has 19 heavy (non-hydrogen) atoms. The van der Waals surface area contributed by atoms with Crippen molar-refractivity contribution in [2.45, 2.75) is 40.0 Å². The number of rotatable bonds is 5. The summed E-state index contributed by atoms with van der Waals surface area (Å²) in [4.78, 5) is 12.4. The van der Waals surface area contributed by atoms with Crippen LogP contribution < -0.4 is 0 Å². The minimum absolute atomic E-state index is 0.283. The van der Waals surface area contributed by atoms with Gasteiger partial charge in [-0.25, -0.2) is 0 Å². The predicted octanol–water partition coefficient (Wildman–Crippen LogP) is 5.45. The molecule has 0 unspecified atom stereocenters. The molecule has 0 radical (unpaired) electrons. The second-order valence-corrected chi connectivity index (χ2v) is 5.96. The van der Waals surface area contributed by atoms with E-state index >= 15 is 0 Å². The van der Waals surface area contributed by atoms with Crippen LogP contribution in [0.4, 0.5) is 0 Å². The van der Waals surface area contributed by atoms with E-state index in [1.54, 1.807) is 11.3 Å². The molecule has 0 N–H and O–H groups in total. The minimum Gasteiger partial charge on any atom is -0.294 e. The summed E-state index contributed by atoms with van der Waals surface area (Å²) in [6, 6.07) is 8.31. The van der Waals surface area contributed by atoms with Crippen LogP contribution in [0, 0.1) is 0 Å². The molecule has 0 aliphatic rings. The van der Waals surface area contributed by atoms with Crippen molar-refractivity contribution in [2.75, 3.05) is 0 Å². The zero-order valence-corrected chi connectivity index (χ0v) is 12.6. The van der Waals surface area contributed by atoms with Gasteiger partial charge in [0.1, 0.15) is 0 Å². The van der Waals surface area contributed by atoms with Crippen LogP contribution in [-0.4, -0.2) is 5.78 Å². The topological polar surface area (TPSA) is 17.1 Å². The van der Waals surface area contributed by atoms with Crippen LogP contribution in [0.3, 0.4) is 0 Å². The quantitative estimate of drug-likeness (QED) is 0.661. The molecule has 1 aromatic carbocycles. The summed E-state index contributed by atoms with van der Waals surface area (Å²) in [5.74, 6) is 0.283. The third kappa shape index (κ3) is 2.95. The first-order valence-electron chi connectivity index (χ1n) is 6.82. The first-order chi connectivity index (χ1) is 9.15. The maximum Gasteiger partial charge on any atom is 0.163 e. The predicted molar refractivity (Wildman–Crippen MR) is 84.6 cm³/mol. The smallest absolute Gasteiger partial charge is 0.163 e. The van der Waals surface area contributed by atoms with Crippen molar-refractivity contribution >= 4 is 32.8 Å².